The first-order valence-corrected chi connectivity index (χ1v) is 7.19. The monoisotopic (exact) mass is 273 g/mol. The minimum absolute atomic E-state index is 0.152. The Morgan fingerprint density at radius 2 is 1.85 bits per heavy atom. The van der Waals surface area contributed by atoms with Crippen LogP contribution < -0.4 is 5.32 Å². The molecule has 0 atom stereocenters. The third kappa shape index (κ3) is 3.26. The Balaban J connectivity index is 2.03. The van der Waals surface area contributed by atoms with Crippen LogP contribution in [0.2, 0.25) is 0 Å². The summed E-state index contributed by atoms with van der Waals surface area (Å²) in [5.74, 6) is 0. The van der Waals surface area contributed by atoms with Gasteiger partial charge in [-0.25, -0.2) is 4.68 Å². The van der Waals surface area contributed by atoms with Gasteiger partial charge >= 0.3 is 0 Å². The van der Waals surface area contributed by atoms with Gasteiger partial charge in [0.05, 0.1) is 18.0 Å². The van der Waals surface area contributed by atoms with Crippen molar-refractivity contribution >= 4 is 0 Å². The van der Waals surface area contributed by atoms with Gasteiger partial charge in [0.1, 0.15) is 0 Å². The molecule has 108 valence electrons. The molecule has 0 amide bonds. The number of hydrogen-bond acceptors (Lipinski definition) is 3. The molecule has 0 saturated heterocycles. The molecule has 2 rings (SSSR count). The lowest BCUT2D eigenvalue weighted by Crippen LogP contribution is -2.47. The maximum Gasteiger partial charge on any atom is 0.0767 e. The third-order valence-corrected chi connectivity index (χ3v) is 3.97. The Labute approximate surface area is 120 Å². The Morgan fingerprint density at radius 3 is 2.45 bits per heavy atom. The molecule has 1 aromatic carbocycles. The highest BCUT2D eigenvalue weighted by Crippen LogP contribution is 2.15. The Kier molecular flexibility index (Phi) is 4.93. The number of rotatable bonds is 7. The van der Waals surface area contributed by atoms with Crippen LogP contribution in [0, 0.1) is 0 Å². The van der Waals surface area contributed by atoms with Crippen molar-refractivity contribution in [1.29, 1.82) is 0 Å². The van der Waals surface area contributed by atoms with Crippen LogP contribution in [-0.4, -0.2) is 27.0 Å². The zero-order chi connectivity index (χ0) is 14.4. The van der Waals surface area contributed by atoms with Crippen molar-refractivity contribution in [1.82, 2.24) is 15.1 Å². The maximum absolute atomic E-state index is 9.55. The number of aliphatic hydroxyl groups is 1. The van der Waals surface area contributed by atoms with Gasteiger partial charge in [0.15, 0.2) is 0 Å². The highest BCUT2D eigenvalue weighted by molar-refractivity contribution is 5.30. The SMILES string of the molecule is CCC(CC)(CO)NCc1ccn(-c2ccccc2)n1. The molecule has 0 aliphatic heterocycles. The molecule has 0 aliphatic rings. The first-order valence-electron chi connectivity index (χ1n) is 7.19. The van der Waals surface area contributed by atoms with Crippen molar-refractivity contribution in [3.8, 4) is 5.69 Å². The molecule has 20 heavy (non-hydrogen) atoms. The van der Waals surface area contributed by atoms with Crippen LogP contribution in [0.5, 0.6) is 0 Å². The lowest BCUT2D eigenvalue weighted by Gasteiger charge is -2.30. The average Bonchev–Trinajstić information content (AvgIpc) is 2.99. The third-order valence-electron chi connectivity index (χ3n) is 3.97. The summed E-state index contributed by atoms with van der Waals surface area (Å²) < 4.78 is 1.87. The van der Waals surface area contributed by atoms with Gasteiger partial charge in [-0.1, -0.05) is 32.0 Å². The van der Waals surface area contributed by atoms with Crippen molar-refractivity contribution < 1.29 is 5.11 Å². The lowest BCUT2D eigenvalue weighted by molar-refractivity contribution is 0.149. The zero-order valence-corrected chi connectivity index (χ0v) is 12.2. The molecular weight excluding hydrogens is 250 g/mol. The normalized spacial score (nSPS) is 11.8. The van der Waals surface area contributed by atoms with Gasteiger partial charge in [-0.2, -0.15) is 5.10 Å². The summed E-state index contributed by atoms with van der Waals surface area (Å²) in [5.41, 5.74) is 1.84. The minimum Gasteiger partial charge on any atom is -0.394 e. The Morgan fingerprint density at radius 1 is 1.15 bits per heavy atom. The summed E-state index contributed by atoms with van der Waals surface area (Å²) in [6, 6.07) is 12.1. The summed E-state index contributed by atoms with van der Waals surface area (Å²) in [4.78, 5) is 0. The summed E-state index contributed by atoms with van der Waals surface area (Å²) in [6.45, 7) is 5.01. The van der Waals surface area contributed by atoms with E-state index in [0.717, 1.165) is 24.2 Å². The van der Waals surface area contributed by atoms with E-state index in [0.29, 0.717) is 6.54 Å². The molecule has 1 heterocycles. The number of para-hydroxylation sites is 1. The molecule has 4 nitrogen and oxygen atoms in total. The van der Waals surface area contributed by atoms with E-state index in [1.54, 1.807) is 0 Å². The van der Waals surface area contributed by atoms with E-state index >= 15 is 0 Å². The van der Waals surface area contributed by atoms with Crippen molar-refractivity contribution in [2.24, 2.45) is 0 Å². The van der Waals surface area contributed by atoms with E-state index in [1.165, 1.54) is 0 Å². The van der Waals surface area contributed by atoms with Gasteiger partial charge in [-0.3, -0.25) is 0 Å². The number of nitrogens with one attached hydrogen (secondary N) is 1. The quantitative estimate of drug-likeness (QED) is 0.815. The minimum atomic E-state index is -0.198. The second-order valence-electron chi connectivity index (χ2n) is 5.09. The highest BCUT2D eigenvalue weighted by Gasteiger charge is 2.24. The second kappa shape index (κ2) is 6.68. The average molecular weight is 273 g/mol. The van der Waals surface area contributed by atoms with E-state index < -0.39 is 0 Å². The van der Waals surface area contributed by atoms with E-state index in [-0.39, 0.29) is 12.1 Å². The second-order valence-corrected chi connectivity index (χ2v) is 5.09. The van der Waals surface area contributed by atoms with Gasteiger partial charge in [-0.05, 0) is 31.0 Å². The smallest absolute Gasteiger partial charge is 0.0767 e. The van der Waals surface area contributed by atoms with Crippen LogP contribution in [0.1, 0.15) is 32.4 Å². The fourth-order valence-electron chi connectivity index (χ4n) is 2.24. The standard InChI is InChI=1S/C16H23N3O/c1-3-16(4-2,13-20)17-12-14-10-11-19(18-14)15-8-6-5-7-9-15/h5-11,17,20H,3-4,12-13H2,1-2H3. The Bertz CT molecular complexity index is 509. The molecule has 0 bridgehead atoms. The summed E-state index contributed by atoms with van der Waals surface area (Å²) in [5, 5.41) is 17.5. The number of aliphatic hydroxyl groups excluding tert-OH is 1. The molecule has 2 N–H and O–H groups in total. The summed E-state index contributed by atoms with van der Waals surface area (Å²) in [6.07, 6.45) is 3.77. The van der Waals surface area contributed by atoms with Crippen molar-refractivity contribution in [3.05, 3.63) is 48.3 Å². The molecular formula is C16H23N3O. The molecule has 0 unspecified atom stereocenters. The first-order chi connectivity index (χ1) is 9.73. The largest absolute Gasteiger partial charge is 0.394 e. The van der Waals surface area contributed by atoms with Crippen LogP contribution in [0.3, 0.4) is 0 Å². The Hall–Kier alpha value is -1.65. The molecule has 0 radical (unpaired) electrons. The van der Waals surface area contributed by atoms with Gasteiger partial charge in [0, 0.05) is 18.3 Å². The van der Waals surface area contributed by atoms with Crippen LogP contribution >= 0.6 is 0 Å². The van der Waals surface area contributed by atoms with Gasteiger partial charge in [0.2, 0.25) is 0 Å². The topological polar surface area (TPSA) is 50.1 Å². The number of benzene rings is 1. The number of nitrogens with zero attached hydrogens (tertiary/aromatic N) is 2. The van der Waals surface area contributed by atoms with E-state index in [1.807, 2.05) is 47.3 Å². The molecule has 0 aliphatic carbocycles. The molecule has 0 spiro atoms. The highest BCUT2D eigenvalue weighted by atomic mass is 16.3. The van der Waals surface area contributed by atoms with Crippen LogP contribution in [-0.2, 0) is 6.54 Å². The van der Waals surface area contributed by atoms with Crippen molar-refractivity contribution in [2.45, 2.75) is 38.8 Å². The van der Waals surface area contributed by atoms with Gasteiger partial charge in [-0.15, -0.1) is 0 Å². The van der Waals surface area contributed by atoms with Crippen LogP contribution in [0.4, 0.5) is 0 Å². The van der Waals surface area contributed by atoms with Crippen LogP contribution in [0.25, 0.3) is 5.69 Å². The predicted octanol–water partition coefficient (Wildman–Crippen LogP) is 2.51. The van der Waals surface area contributed by atoms with Crippen LogP contribution in [0.15, 0.2) is 42.6 Å². The first kappa shape index (κ1) is 14.8. The molecule has 2 aromatic rings. The van der Waals surface area contributed by atoms with E-state index in [9.17, 15) is 5.11 Å². The van der Waals surface area contributed by atoms with Crippen molar-refractivity contribution in [3.63, 3.8) is 0 Å². The van der Waals surface area contributed by atoms with E-state index in [4.69, 9.17) is 0 Å². The molecule has 4 heteroatoms. The summed E-state index contributed by atoms with van der Waals surface area (Å²) >= 11 is 0. The predicted molar refractivity (Wildman–Crippen MR) is 80.8 cm³/mol. The summed E-state index contributed by atoms with van der Waals surface area (Å²) in [7, 11) is 0. The molecule has 0 fully saturated rings. The number of hydrogen-bond donors (Lipinski definition) is 2. The fourth-order valence-corrected chi connectivity index (χ4v) is 2.24. The molecule has 1 aromatic heterocycles. The maximum atomic E-state index is 9.55. The molecule has 0 saturated carbocycles. The number of aromatic nitrogens is 2. The zero-order valence-electron chi connectivity index (χ0n) is 12.2. The van der Waals surface area contributed by atoms with Gasteiger partial charge in [0.25, 0.3) is 0 Å². The lowest BCUT2D eigenvalue weighted by atomic mass is 9.94. The van der Waals surface area contributed by atoms with Gasteiger partial charge < -0.3 is 10.4 Å². The van der Waals surface area contributed by atoms with Crippen molar-refractivity contribution in [2.75, 3.05) is 6.61 Å². The fraction of sp³-hybridized carbons (Fsp3) is 0.438. The van der Waals surface area contributed by atoms with E-state index in [2.05, 4.69) is 24.3 Å².